The molecule has 0 saturated carbocycles. The summed E-state index contributed by atoms with van der Waals surface area (Å²) in [6.07, 6.45) is 0.882. The van der Waals surface area contributed by atoms with E-state index in [1.165, 1.54) is 0 Å². The fraction of sp³-hybridized carbons (Fsp3) is 0.429. The Labute approximate surface area is 128 Å². The topological polar surface area (TPSA) is 39.9 Å². The second-order valence-corrected chi connectivity index (χ2v) is 6.18. The first kappa shape index (κ1) is 15.2. The number of benzene rings is 1. The lowest BCUT2D eigenvalue weighted by Gasteiger charge is -2.12. The molecule has 6 heteroatoms. The zero-order chi connectivity index (χ0) is 14.7. The van der Waals surface area contributed by atoms with Gasteiger partial charge in [-0.1, -0.05) is 36.4 Å². The van der Waals surface area contributed by atoms with Crippen molar-refractivity contribution in [3.63, 3.8) is 0 Å². The van der Waals surface area contributed by atoms with Crippen LogP contribution in [-0.4, -0.2) is 21.9 Å². The summed E-state index contributed by atoms with van der Waals surface area (Å²) >= 11 is 7.84. The van der Waals surface area contributed by atoms with E-state index in [4.69, 9.17) is 16.3 Å². The van der Waals surface area contributed by atoms with E-state index in [-0.39, 0.29) is 5.25 Å². The zero-order valence-electron chi connectivity index (χ0n) is 12.1. The molecule has 0 aliphatic carbocycles. The van der Waals surface area contributed by atoms with Crippen LogP contribution >= 0.6 is 23.4 Å². The van der Waals surface area contributed by atoms with Crippen molar-refractivity contribution in [1.82, 2.24) is 14.8 Å². The highest BCUT2D eigenvalue weighted by molar-refractivity contribution is 7.99. The highest BCUT2D eigenvalue weighted by atomic mass is 35.5. The van der Waals surface area contributed by atoms with Crippen LogP contribution in [0.1, 0.15) is 30.5 Å². The van der Waals surface area contributed by atoms with Gasteiger partial charge in [0.05, 0.1) is 12.1 Å². The molecule has 0 radical (unpaired) electrons. The summed E-state index contributed by atoms with van der Waals surface area (Å²) in [7, 11) is 3.61. The molecule has 0 fully saturated rings. The molecule has 0 aliphatic heterocycles. The van der Waals surface area contributed by atoms with Gasteiger partial charge in [-0.3, -0.25) is 0 Å². The molecule has 20 heavy (non-hydrogen) atoms. The molecule has 4 nitrogen and oxygen atoms in total. The SMILES string of the molecule is CCc1nnc(S[C@H](C)c2ccc(OC)c(Cl)c2)n1C. The van der Waals surface area contributed by atoms with Gasteiger partial charge in [-0.2, -0.15) is 0 Å². The number of ether oxygens (including phenoxy) is 1. The van der Waals surface area contributed by atoms with E-state index < -0.39 is 0 Å². The number of thioether (sulfide) groups is 1. The van der Waals surface area contributed by atoms with Gasteiger partial charge in [-0.25, -0.2) is 0 Å². The molecule has 108 valence electrons. The Bertz CT molecular complexity index is 600. The van der Waals surface area contributed by atoms with Gasteiger partial charge < -0.3 is 9.30 Å². The Kier molecular flexibility index (Phi) is 4.94. The number of hydrogen-bond acceptors (Lipinski definition) is 4. The van der Waals surface area contributed by atoms with Crippen molar-refractivity contribution in [3.8, 4) is 5.75 Å². The van der Waals surface area contributed by atoms with E-state index in [0.717, 1.165) is 23.0 Å². The molecule has 2 rings (SSSR count). The smallest absolute Gasteiger partial charge is 0.191 e. The van der Waals surface area contributed by atoms with E-state index in [2.05, 4.69) is 24.0 Å². The molecule has 0 N–H and O–H groups in total. The molecule has 1 atom stereocenters. The maximum Gasteiger partial charge on any atom is 0.191 e. The fourth-order valence-corrected chi connectivity index (χ4v) is 3.13. The second kappa shape index (κ2) is 6.50. The van der Waals surface area contributed by atoms with E-state index in [1.807, 2.05) is 29.8 Å². The normalized spacial score (nSPS) is 12.4. The maximum absolute atomic E-state index is 6.17. The molecule has 0 amide bonds. The average Bonchev–Trinajstić information content (AvgIpc) is 2.79. The number of halogens is 1. The van der Waals surface area contributed by atoms with Crippen LogP contribution in [0.15, 0.2) is 23.4 Å². The summed E-state index contributed by atoms with van der Waals surface area (Å²) in [5.74, 6) is 1.69. The van der Waals surface area contributed by atoms with E-state index in [1.54, 1.807) is 18.9 Å². The summed E-state index contributed by atoms with van der Waals surface area (Å²) in [5.41, 5.74) is 1.14. The highest BCUT2D eigenvalue weighted by Gasteiger charge is 2.14. The monoisotopic (exact) mass is 311 g/mol. The molecule has 0 spiro atoms. The van der Waals surface area contributed by atoms with Crippen LogP contribution in [0.3, 0.4) is 0 Å². The number of aryl methyl sites for hydroxylation is 1. The third-order valence-electron chi connectivity index (χ3n) is 3.17. The lowest BCUT2D eigenvalue weighted by atomic mass is 10.1. The number of nitrogens with zero attached hydrogens (tertiary/aromatic N) is 3. The molecule has 0 saturated heterocycles. The van der Waals surface area contributed by atoms with Crippen molar-refractivity contribution in [2.45, 2.75) is 30.7 Å². The first-order chi connectivity index (χ1) is 9.56. The molecule has 1 aromatic heterocycles. The number of aromatic nitrogens is 3. The van der Waals surface area contributed by atoms with Crippen molar-refractivity contribution in [2.75, 3.05) is 7.11 Å². The van der Waals surface area contributed by atoms with Crippen LogP contribution in [0, 0.1) is 0 Å². The first-order valence-electron chi connectivity index (χ1n) is 6.45. The van der Waals surface area contributed by atoms with Gasteiger partial charge in [-0.05, 0) is 24.6 Å². The highest BCUT2D eigenvalue weighted by Crippen LogP contribution is 2.36. The summed E-state index contributed by atoms with van der Waals surface area (Å²) in [6, 6.07) is 5.86. The largest absolute Gasteiger partial charge is 0.495 e. The standard InChI is InChI=1S/C14H18ClN3OS/c1-5-13-16-17-14(18(13)3)20-9(2)10-6-7-12(19-4)11(15)8-10/h6-9H,5H2,1-4H3/t9-/m1/s1. The van der Waals surface area contributed by atoms with Crippen molar-refractivity contribution in [3.05, 3.63) is 34.6 Å². The van der Waals surface area contributed by atoms with Crippen LogP contribution in [0.2, 0.25) is 5.02 Å². The number of hydrogen-bond donors (Lipinski definition) is 0. The van der Waals surface area contributed by atoms with Crippen molar-refractivity contribution in [1.29, 1.82) is 0 Å². The third-order valence-corrected chi connectivity index (χ3v) is 4.66. The molecule has 2 aromatic rings. The fourth-order valence-electron chi connectivity index (χ4n) is 1.92. The minimum Gasteiger partial charge on any atom is -0.495 e. The molecular weight excluding hydrogens is 294 g/mol. The number of methoxy groups -OCH3 is 1. The average molecular weight is 312 g/mol. The quantitative estimate of drug-likeness (QED) is 0.785. The summed E-state index contributed by atoms with van der Waals surface area (Å²) in [4.78, 5) is 0. The summed E-state index contributed by atoms with van der Waals surface area (Å²) in [6.45, 7) is 4.20. The Morgan fingerprint density at radius 3 is 2.70 bits per heavy atom. The van der Waals surface area contributed by atoms with Gasteiger partial charge in [0.1, 0.15) is 11.6 Å². The third kappa shape index (κ3) is 3.10. The van der Waals surface area contributed by atoms with Crippen LogP contribution in [0.4, 0.5) is 0 Å². The van der Waals surface area contributed by atoms with Gasteiger partial charge >= 0.3 is 0 Å². The Hall–Kier alpha value is -1.20. The van der Waals surface area contributed by atoms with Gasteiger partial charge in [0.2, 0.25) is 0 Å². The summed E-state index contributed by atoms with van der Waals surface area (Å²) in [5, 5.41) is 10.2. The molecule has 0 bridgehead atoms. The van der Waals surface area contributed by atoms with Gasteiger partial charge in [0.15, 0.2) is 5.16 Å². The van der Waals surface area contributed by atoms with Gasteiger partial charge in [-0.15, -0.1) is 10.2 Å². The first-order valence-corrected chi connectivity index (χ1v) is 7.71. The Morgan fingerprint density at radius 1 is 1.40 bits per heavy atom. The molecule has 1 aromatic carbocycles. The summed E-state index contributed by atoms with van der Waals surface area (Å²) < 4.78 is 7.20. The minimum atomic E-state index is 0.242. The van der Waals surface area contributed by atoms with Crippen LogP contribution in [0.25, 0.3) is 0 Å². The zero-order valence-corrected chi connectivity index (χ0v) is 13.6. The Morgan fingerprint density at radius 2 is 2.15 bits per heavy atom. The van der Waals surface area contributed by atoms with Crippen LogP contribution < -0.4 is 4.74 Å². The van der Waals surface area contributed by atoms with E-state index in [0.29, 0.717) is 10.8 Å². The maximum atomic E-state index is 6.17. The molecule has 0 unspecified atom stereocenters. The lowest BCUT2D eigenvalue weighted by molar-refractivity contribution is 0.415. The molecule has 1 heterocycles. The van der Waals surface area contributed by atoms with Crippen molar-refractivity contribution < 1.29 is 4.74 Å². The Balaban J connectivity index is 2.17. The lowest BCUT2D eigenvalue weighted by Crippen LogP contribution is -1.98. The van der Waals surface area contributed by atoms with Gasteiger partial charge in [0, 0.05) is 18.7 Å². The van der Waals surface area contributed by atoms with Crippen molar-refractivity contribution >= 4 is 23.4 Å². The van der Waals surface area contributed by atoms with E-state index >= 15 is 0 Å². The predicted octanol–water partition coefficient (Wildman–Crippen LogP) is 3.89. The van der Waals surface area contributed by atoms with E-state index in [9.17, 15) is 0 Å². The molecular formula is C14H18ClN3OS. The van der Waals surface area contributed by atoms with Crippen LogP contribution in [0.5, 0.6) is 5.75 Å². The van der Waals surface area contributed by atoms with Gasteiger partial charge in [0.25, 0.3) is 0 Å². The predicted molar refractivity (Wildman–Crippen MR) is 82.7 cm³/mol. The van der Waals surface area contributed by atoms with Crippen LogP contribution in [-0.2, 0) is 13.5 Å². The number of rotatable bonds is 5. The van der Waals surface area contributed by atoms with Crippen molar-refractivity contribution in [2.24, 2.45) is 7.05 Å². The minimum absolute atomic E-state index is 0.242. The molecule has 0 aliphatic rings. The second-order valence-electron chi connectivity index (χ2n) is 4.47.